The van der Waals surface area contributed by atoms with Crippen molar-refractivity contribution >= 4 is 85.7 Å². The highest BCUT2D eigenvalue weighted by atomic mass is 32.2. The Labute approximate surface area is 462 Å². The van der Waals surface area contributed by atoms with Crippen LogP contribution in [0.2, 0.25) is 0 Å². The molecule has 0 fully saturated rings. The first kappa shape index (κ1) is 56.6. The molecule has 0 atom stereocenters. The second kappa shape index (κ2) is 21.7. The van der Waals surface area contributed by atoms with Crippen LogP contribution in [0.25, 0.3) is 0 Å². The van der Waals surface area contributed by atoms with E-state index in [0.29, 0.717) is 22.5 Å². The van der Waals surface area contributed by atoms with E-state index in [1.54, 1.807) is 112 Å². The third kappa shape index (κ3) is 11.5. The summed E-state index contributed by atoms with van der Waals surface area (Å²) in [6, 6.07) is 43.2. The lowest BCUT2D eigenvalue weighted by Crippen LogP contribution is -2.45. The number of amides is 8. The van der Waals surface area contributed by atoms with Gasteiger partial charge in [-0.15, -0.1) is 0 Å². The van der Waals surface area contributed by atoms with Crippen molar-refractivity contribution in [1.82, 2.24) is 4.90 Å². The molecule has 0 unspecified atom stereocenters. The number of fused-ring (bicyclic) bond motifs is 4. The Morgan fingerprint density at radius 3 is 0.762 bits per heavy atom. The molecule has 0 aromatic heterocycles. The number of benzene rings is 7. The van der Waals surface area contributed by atoms with E-state index in [4.69, 9.17) is 0 Å². The smallest absolute Gasteiger partial charge is 0.266 e. The summed E-state index contributed by atoms with van der Waals surface area (Å²) in [5.41, 5.74) is 3.46. The topological polar surface area (TPSA) is 218 Å². The molecular weight excluding hydrogens is 1040 g/mol. The largest absolute Gasteiger partial charge is 0.289 e. The maximum absolute atomic E-state index is 13.3. The average Bonchev–Trinajstić information content (AvgIpc) is 4.07. The summed E-state index contributed by atoms with van der Waals surface area (Å²) in [5.74, 6) is -4.58. The van der Waals surface area contributed by atoms with Gasteiger partial charge >= 0.3 is 0 Å². The molecule has 0 bridgehead atoms. The Bertz CT molecular complexity index is 3760. The van der Waals surface area contributed by atoms with Crippen LogP contribution in [-0.4, -0.2) is 90.2 Å². The van der Waals surface area contributed by atoms with Gasteiger partial charge in [0.25, 0.3) is 47.3 Å². The highest BCUT2D eigenvalue weighted by Gasteiger charge is 2.43. The SMILES string of the molecule is CC(C)(C)C.CC(C)(C)N1C(=O)c2ccc(C(=O)c3ccc4c(c3)C(=O)N(c3ccccc3)C4=O)cc2C1=O.CS(C)(=O)=O.O=C(c1ccc2c(c1)C(=O)N(c1ccccc1)C2=O)c1ccc2c(c1)C(=O)N(c1ccccc1)C2=O. The zero-order chi connectivity index (χ0) is 58.3. The van der Waals surface area contributed by atoms with Gasteiger partial charge in [0.1, 0.15) is 9.84 Å². The number of nitrogens with zero attached hydrogens (tertiary/aromatic N) is 4. The van der Waals surface area contributed by atoms with E-state index in [2.05, 4.69) is 27.7 Å². The number of rotatable bonds is 7. The normalized spacial score (nSPS) is 14.4. The molecule has 0 N–H and O–H groups in total. The molecule has 0 saturated heterocycles. The van der Waals surface area contributed by atoms with Gasteiger partial charge in [-0.2, -0.15) is 0 Å². The molecule has 80 heavy (non-hydrogen) atoms. The zero-order valence-electron chi connectivity index (χ0n) is 45.2. The predicted molar refractivity (Wildman–Crippen MR) is 302 cm³/mol. The molecule has 11 rings (SSSR count). The fourth-order valence-corrected chi connectivity index (χ4v) is 8.91. The van der Waals surface area contributed by atoms with E-state index < -0.39 is 74.2 Å². The Kier molecular flexibility index (Phi) is 15.3. The summed E-state index contributed by atoms with van der Waals surface area (Å²) in [5, 5.41) is 0. The van der Waals surface area contributed by atoms with Gasteiger partial charge in [-0.1, -0.05) is 107 Å². The molecule has 17 heteroatoms. The number of carbonyl (C=O) groups is 10. The number of hydrogen-bond donors (Lipinski definition) is 0. The summed E-state index contributed by atoms with van der Waals surface area (Å²) >= 11 is 0. The van der Waals surface area contributed by atoms with E-state index >= 15 is 0 Å². The molecule has 4 aliphatic heterocycles. The van der Waals surface area contributed by atoms with Crippen LogP contribution in [0.5, 0.6) is 0 Å². The number of carbonyl (C=O) groups excluding carboxylic acids is 10. The fourth-order valence-electron chi connectivity index (χ4n) is 8.91. The van der Waals surface area contributed by atoms with Gasteiger partial charge in [-0.3, -0.25) is 52.8 Å². The van der Waals surface area contributed by atoms with Crippen LogP contribution in [0.4, 0.5) is 17.1 Å². The van der Waals surface area contributed by atoms with Crippen molar-refractivity contribution < 1.29 is 56.4 Å². The second-order valence-corrected chi connectivity index (χ2v) is 24.1. The molecule has 0 spiro atoms. The van der Waals surface area contributed by atoms with E-state index in [9.17, 15) is 56.4 Å². The van der Waals surface area contributed by atoms with Gasteiger partial charge < -0.3 is 0 Å². The summed E-state index contributed by atoms with van der Waals surface area (Å²) in [6.45, 7) is 14.0. The number of hydrogen-bond acceptors (Lipinski definition) is 12. The number of para-hydroxylation sites is 3. The monoisotopic (exact) mass is 1090 g/mol. The number of ketones is 2. The van der Waals surface area contributed by atoms with Crippen LogP contribution in [0.1, 0.15) is 163 Å². The first-order valence-electron chi connectivity index (χ1n) is 25.1. The maximum Gasteiger partial charge on any atom is 0.266 e. The minimum atomic E-state index is -2.67. The lowest BCUT2D eigenvalue weighted by molar-refractivity contribution is 0.0505. The summed E-state index contributed by atoms with van der Waals surface area (Å²) in [7, 11) is -2.67. The minimum absolute atomic E-state index is 0.136. The van der Waals surface area contributed by atoms with Crippen molar-refractivity contribution in [3.8, 4) is 0 Å². The number of anilines is 3. The van der Waals surface area contributed by atoms with Crippen molar-refractivity contribution in [2.75, 3.05) is 27.2 Å². The van der Waals surface area contributed by atoms with E-state index in [1.807, 2.05) is 0 Å². The molecule has 404 valence electrons. The van der Waals surface area contributed by atoms with Crippen LogP contribution in [0, 0.1) is 5.41 Å². The Morgan fingerprint density at radius 2 is 0.525 bits per heavy atom. The van der Waals surface area contributed by atoms with Gasteiger partial charge in [-0.05, 0) is 111 Å². The van der Waals surface area contributed by atoms with Crippen LogP contribution in [0.3, 0.4) is 0 Å². The number of sulfone groups is 1. The third-order valence-electron chi connectivity index (χ3n) is 12.3. The van der Waals surface area contributed by atoms with Gasteiger partial charge in [0.15, 0.2) is 11.6 Å². The highest BCUT2D eigenvalue weighted by Crippen LogP contribution is 2.35. The van der Waals surface area contributed by atoms with Crippen molar-refractivity contribution in [1.29, 1.82) is 0 Å². The second-order valence-electron chi connectivity index (χ2n) is 21.8. The summed E-state index contributed by atoms with van der Waals surface area (Å²) in [4.78, 5) is 134. The fraction of sp³-hybridized carbons (Fsp3) is 0.175. The summed E-state index contributed by atoms with van der Waals surface area (Å²) in [6.07, 6.45) is 2.32. The van der Waals surface area contributed by atoms with Gasteiger partial charge in [0, 0.05) is 40.3 Å². The minimum Gasteiger partial charge on any atom is -0.289 e. The molecule has 0 radical (unpaired) electrons. The zero-order valence-corrected chi connectivity index (χ0v) is 46.0. The Balaban J connectivity index is 0.000000180. The molecule has 8 amide bonds. The average molecular weight is 1090 g/mol. The highest BCUT2D eigenvalue weighted by molar-refractivity contribution is 7.89. The molecule has 4 heterocycles. The first-order valence-corrected chi connectivity index (χ1v) is 27.4. The molecule has 7 aromatic rings. The van der Waals surface area contributed by atoms with Gasteiger partial charge in [-0.25, -0.2) is 23.1 Å². The van der Waals surface area contributed by atoms with Crippen molar-refractivity contribution in [2.45, 2.75) is 54.0 Å². The molecule has 7 aromatic carbocycles. The van der Waals surface area contributed by atoms with E-state index in [0.717, 1.165) is 27.2 Å². The first-order chi connectivity index (χ1) is 37.5. The van der Waals surface area contributed by atoms with Crippen LogP contribution in [0.15, 0.2) is 164 Å². The van der Waals surface area contributed by atoms with E-state index in [-0.39, 0.29) is 66.8 Å². The van der Waals surface area contributed by atoms with Crippen LogP contribution < -0.4 is 14.7 Å². The third-order valence-corrected chi connectivity index (χ3v) is 12.3. The maximum atomic E-state index is 13.3. The lowest BCUT2D eigenvalue weighted by atomic mass is 9.96. The molecule has 16 nitrogen and oxygen atoms in total. The molecule has 4 aliphatic rings. The Morgan fingerprint density at radius 1 is 0.325 bits per heavy atom. The quantitative estimate of drug-likeness (QED) is 0.108. The molecule has 0 aliphatic carbocycles. The van der Waals surface area contributed by atoms with Crippen molar-refractivity contribution in [3.63, 3.8) is 0 Å². The van der Waals surface area contributed by atoms with Gasteiger partial charge in [0.05, 0.1) is 61.6 Å². The van der Waals surface area contributed by atoms with Crippen molar-refractivity contribution in [3.05, 3.63) is 231 Å². The predicted octanol–water partition coefficient (Wildman–Crippen LogP) is 10.3. The van der Waals surface area contributed by atoms with Crippen LogP contribution >= 0.6 is 0 Å². The van der Waals surface area contributed by atoms with Crippen molar-refractivity contribution in [2.24, 2.45) is 5.41 Å². The summed E-state index contributed by atoms with van der Waals surface area (Å²) < 4.78 is 19.3. The van der Waals surface area contributed by atoms with Crippen LogP contribution in [-0.2, 0) is 9.84 Å². The standard InChI is InChI=1S/C29H16N2O5.C27H20N2O5.C5H12.C2H6O2S/c32-25(17-11-13-21-23(15-17)28(35)30(26(21)33)19-7-3-1-4-8-19)18-12-14-22-24(16-18)29(36)31(27(22)34)20-9-5-2-6-10-20;1-27(2,3)29-25(33)19-12-10-16(14-21(19)26(29)34)22(30)15-9-11-18-20(13-15)24(32)28(23(18)31)17-7-5-4-6-8-17;2*1-5(2,3)4/h1-16H;4-14H,1-3H3;1-4H3;1-2H3. The molecular formula is C63H54N4O12S. The van der Waals surface area contributed by atoms with E-state index in [1.165, 1.54) is 77.7 Å². The number of imide groups is 4. The Hall–Kier alpha value is -9.61. The lowest BCUT2D eigenvalue weighted by Gasteiger charge is -2.29. The van der Waals surface area contributed by atoms with Gasteiger partial charge in [0.2, 0.25) is 0 Å². The molecule has 0 saturated carbocycles.